The number of nitrogens with zero attached hydrogens (tertiary/aromatic N) is 1. The lowest BCUT2D eigenvalue weighted by molar-refractivity contribution is 0.464. The molecule has 0 bridgehead atoms. The normalized spacial score (nSPS) is 26.3. The Labute approximate surface area is 74.0 Å². The van der Waals surface area contributed by atoms with E-state index >= 15 is 0 Å². The highest BCUT2D eigenvalue weighted by atomic mass is 32.2. The van der Waals surface area contributed by atoms with Gasteiger partial charge in [-0.05, 0) is 13.0 Å². The van der Waals surface area contributed by atoms with E-state index in [1.54, 1.807) is 0 Å². The molecule has 1 aliphatic heterocycles. The van der Waals surface area contributed by atoms with E-state index in [-0.39, 0.29) is 0 Å². The highest BCUT2D eigenvalue weighted by molar-refractivity contribution is 7.88. The Balaban J connectivity index is 2.46. The van der Waals surface area contributed by atoms with Gasteiger partial charge in [0.15, 0.2) is 0 Å². The van der Waals surface area contributed by atoms with Gasteiger partial charge in [0, 0.05) is 19.1 Å². The average Bonchev–Trinajstić information content (AvgIpc) is 2.35. The fourth-order valence-corrected chi connectivity index (χ4v) is 2.37. The zero-order chi connectivity index (χ0) is 9.19. The minimum absolute atomic E-state index is 0.352. The van der Waals surface area contributed by atoms with Gasteiger partial charge in [0.1, 0.15) is 0 Å². The largest absolute Gasteiger partial charge is 0.313 e. The second-order valence-corrected chi connectivity index (χ2v) is 5.15. The fraction of sp³-hybridized carbons (Fsp3) is 1.00. The van der Waals surface area contributed by atoms with Gasteiger partial charge < -0.3 is 5.32 Å². The Bertz CT molecular complexity index is 238. The van der Waals surface area contributed by atoms with E-state index in [1.807, 2.05) is 6.92 Å². The van der Waals surface area contributed by atoms with Crippen molar-refractivity contribution in [3.8, 4) is 0 Å². The third kappa shape index (κ3) is 2.43. The molecule has 0 aliphatic carbocycles. The molecule has 0 aromatic rings. The van der Waals surface area contributed by atoms with Crippen LogP contribution in [0, 0.1) is 0 Å². The topological polar surface area (TPSA) is 49.4 Å². The summed E-state index contributed by atoms with van der Waals surface area (Å²) >= 11 is 0. The van der Waals surface area contributed by atoms with Crippen molar-refractivity contribution in [2.45, 2.75) is 19.4 Å². The SMILES string of the molecule is CCNC1CCN(S(C)(=O)=O)C1. The van der Waals surface area contributed by atoms with Crippen LogP contribution in [0.25, 0.3) is 0 Å². The van der Waals surface area contributed by atoms with Crippen molar-refractivity contribution in [3.05, 3.63) is 0 Å². The first kappa shape index (κ1) is 9.95. The van der Waals surface area contributed by atoms with E-state index in [0.717, 1.165) is 13.0 Å². The molecule has 0 spiro atoms. The number of hydrogen-bond acceptors (Lipinski definition) is 3. The number of nitrogens with one attached hydrogen (secondary N) is 1. The summed E-state index contributed by atoms with van der Waals surface area (Å²) in [7, 11) is -2.96. The minimum Gasteiger partial charge on any atom is -0.313 e. The van der Waals surface area contributed by atoms with Crippen LogP contribution in [0.1, 0.15) is 13.3 Å². The van der Waals surface area contributed by atoms with E-state index < -0.39 is 10.0 Å². The summed E-state index contributed by atoms with van der Waals surface area (Å²) in [5.41, 5.74) is 0. The van der Waals surface area contributed by atoms with Crippen LogP contribution in [0.5, 0.6) is 0 Å². The van der Waals surface area contributed by atoms with Crippen molar-refractivity contribution in [3.63, 3.8) is 0 Å². The van der Waals surface area contributed by atoms with Crippen LogP contribution in [-0.4, -0.2) is 44.7 Å². The minimum atomic E-state index is -2.96. The number of hydrogen-bond donors (Lipinski definition) is 1. The lowest BCUT2D eigenvalue weighted by Gasteiger charge is -2.13. The first-order valence-corrected chi connectivity index (χ1v) is 6.07. The van der Waals surface area contributed by atoms with Crippen LogP contribution in [0.3, 0.4) is 0 Å². The second kappa shape index (κ2) is 3.72. The molecule has 1 unspecified atom stereocenters. The molecule has 0 aromatic heterocycles. The van der Waals surface area contributed by atoms with Gasteiger partial charge in [-0.2, -0.15) is 0 Å². The van der Waals surface area contributed by atoms with Gasteiger partial charge in [-0.25, -0.2) is 12.7 Å². The Hall–Kier alpha value is -0.130. The third-order valence-corrected chi connectivity index (χ3v) is 3.38. The van der Waals surface area contributed by atoms with E-state index in [0.29, 0.717) is 19.1 Å². The standard InChI is InChI=1S/C7H16N2O2S/c1-3-8-7-4-5-9(6-7)12(2,10)11/h7-8H,3-6H2,1-2H3. The van der Waals surface area contributed by atoms with Gasteiger partial charge in [-0.1, -0.05) is 6.92 Å². The van der Waals surface area contributed by atoms with Crippen LogP contribution >= 0.6 is 0 Å². The first-order valence-electron chi connectivity index (χ1n) is 4.22. The zero-order valence-corrected chi connectivity index (χ0v) is 8.39. The molecule has 1 heterocycles. The van der Waals surface area contributed by atoms with E-state index in [4.69, 9.17) is 0 Å². The van der Waals surface area contributed by atoms with Gasteiger partial charge in [0.05, 0.1) is 6.26 Å². The number of likely N-dealkylation sites (N-methyl/N-ethyl adjacent to an activating group) is 1. The second-order valence-electron chi connectivity index (χ2n) is 3.16. The van der Waals surface area contributed by atoms with E-state index in [2.05, 4.69) is 5.32 Å². The van der Waals surface area contributed by atoms with Crippen LogP contribution in [-0.2, 0) is 10.0 Å². The molecule has 1 N–H and O–H groups in total. The van der Waals surface area contributed by atoms with Crippen LogP contribution < -0.4 is 5.32 Å². The Morgan fingerprint density at radius 3 is 2.67 bits per heavy atom. The predicted octanol–water partition coefficient (Wildman–Crippen LogP) is -0.370. The molecule has 0 aromatic carbocycles. The summed E-state index contributed by atoms with van der Waals surface area (Å²) < 4.78 is 23.7. The van der Waals surface area contributed by atoms with E-state index in [1.165, 1.54) is 10.6 Å². The van der Waals surface area contributed by atoms with Gasteiger partial charge >= 0.3 is 0 Å². The fourth-order valence-electron chi connectivity index (χ4n) is 1.48. The molecule has 0 radical (unpaired) electrons. The van der Waals surface area contributed by atoms with Crippen LogP contribution in [0.15, 0.2) is 0 Å². The third-order valence-electron chi connectivity index (χ3n) is 2.11. The molecule has 0 saturated carbocycles. The van der Waals surface area contributed by atoms with Crippen LogP contribution in [0.4, 0.5) is 0 Å². The highest BCUT2D eigenvalue weighted by Crippen LogP contribution is 2.11. The zero-order valence-electron chi connectivity index (χ0n) is 7.58. The highest BCUT2D eigenvalue weighted by Gasteiger charge is 2.27. The maximum Gasteiger partial charge on any atom is 0.211 e. The monoisotopic (exact) mass is 192 g/mol. The Morgan fingerprint density at radius 2 is 2.25 bits per heavy atom. The maximum atomic E-state index is 11.1. The lowest BCUT2D eigenvalue weighted by Crippen LogP contribution is -2.34. The van der Waals surface area contributed by atoms with Crippen molar-refractivity contribution in [2.75, 3.05) is 25.9 Å². The Kier molecular flexibility index (Phi) is 3.09. The smallest absolute Gasteiger partial charge is 0.211 e. The quantitative estimate of drug-likeness (QED) is 0.664. The molecular weight excluding hydrogens is 176 g/mol. The average molecular weight is 192 g/mol. The molecule has 72 valence electrons. The molecule has 12 heavy (non-hydrogen) atoms. The van der Waals surface area contributed by atoms with Crippen molar-refractivity contribution in [1.82, 2.24) is 9.62 Å². The molecule has 5 heteroatoms. The lowest BCUT2D eigenvalue weighted by atomic mass is 10.3. The van der Waals surface area contributed by atoms with Crippen molar-refractivity contribution in [1.29, 1.82) is 0 Å². The summed E-state index contributed by atoms with van der Waals surface area (Å²) in [6.45, 7) is 4.23. The van der Waals surface area contributed by atoms with Crippen LogP contribution in [0.2, 0.25) is 0 Å². The summed E-state index contributed by atoms with van der Waals surface area (Å²) in [6.07, 6.45) is 2.20. The maximum absolute atomic E-state index is 11.1. The number of sulfonamides is 1. The van der Waals surface area contributed by atoms with Crippen molar-refractivity contribution >= 4 is 10.0 Å². The van der Waals surface area contributed by atoms with Gasteiger partial charge in [-0.15, -0.1) is 0 Å². The summed E-state index contributed by atoms with van der Waals surface area (Å²) in [4.78, 5) is 0. The summed E-state index contributed by atoms with van der Waals surface area (Å²) in [6, 6.07) is 0.352. The van der Waals surface area contributed by atoms with Crippen molar-refractivity contribution < 1.29 is 8.42 Å². The summed E-state index contributed by atoms with van der Waals surface area (Å²) in [5.74, 6) is 0. The number of rotatable bonds is 3. The molecule has 1 fully saturated rings. The Morgan fingerprint density at radius 1 is 1.58 bits per heavy atom. The molecular formula is C7H16N2O2S. The molecule has 4 nitrogen and oxygen atoms in total. The molecule has 0 amide bonds. The van der Waals surface area contributed by atoms with Gasteiger partial charge in [0.2, 0.25) is 10.0 Å². The molecule has 1 rings (SSSR count). The predicted molar refractivity (Wildman–Crippen MR) is 48.5 cm³/mol. The van der Waals surface area contributed by atoms with Gasteiger partial charge in [-0.3, -0.25) is 0 Å². The molecule has 1 atom stereocenters. The molecule has 1 saturated heterocycles. The van der Waals surface area contributed by atoms with E-state index in [9.17, 15) is 8.42 Å². The first-order chi connectivity index (χ1) is 5.54. The van der Waals surface area contributed by atoms with Gasteiger partial charge in [0.25, 0.3) is 0 Å². The van der Waals surface area contributed by atoms with Crippen molar-refractivity contribution in [2.24, 2.45) is 0 Å². The summed E-state index contributed by atoms with van der Waals surface area (Å²) in [5, 5.41) is 3.24. The molecule has 1 aliphatic rings.